The van der Waals surface area contributed by atoms with Crippen LogP contribution in [-0.4, -0.2) is 40.0 Å². The Hall–Kier alpha value is -0.450. The zero-order chi connectivity index (χ0) is 7.66. The van der Waals surface area contributed by atoms with Gasteiger partial charge in [-0.05, 0) is 0 Å². The lowest BCUT2D eigenvalue weighted by molar-refractivity contribution is -0.113. The Morgan fingerprint density at radius 2 is 2.00 bits per heavy atom. The first-order chi connectivity index (χ1) is 4.91. The molecule has 0 saturated carbocycles. The first-order valence-corrected chi connectivity index (χ1v) is 3.00. The van der Waals surface area contributed by atoms with Crippen molar-refractivity contribution in [3.05, 3.63) is 0 Å². The molecule has 0 radical (unpaired) electrons. The minimum Gasteiger partial charge on any atom is -0.372 e. The maximum Gasteiger partial charge on any atom is 0.146 e. The van der Waals surface area contributed by atoms with Gasteiger partial charge in [0.25, 0.3) is 0 Å². The molecule has 0 atom stereocenters. The van der Waals surface area contributed by atoms with E-state index in [2.05, 4.69) is 4.74 Å². The van der Waals surface area contributed by atoms with Crippen LogP contribution in [0.4, 0.5) is 0 Å². The number of methoxy groups -OCH3 is 1. The van der Waals surface area contributed by atoms with Crippen molar-refractivity contribution in [2.75, 3.05) is 33.7 Å². The van der Waals surface area contributed by atoms with Crippen LogP contribution >= 0.6 is 0 Å². The van der Waals surface area contributed by atoms with E-state index < -0.39 is 0 Å². The summed E-state index contributed by atoms with van der Waals surface area (Å²) in [6.07, 6.45) is 0.705. The molecule has 0 N–H and O–H groups in total. The highest BCUT2D eigenvalue weighted by molar-refractivity contribution is 5.50. The molecule has 0 spiro atoms. The molecule has 0 aromatic carbocycles. The normalized spacial score (nSPS) is 9.70. The van der Waals surface area contributed by atoms with Crippen LogP contribution < -0.4 is 0 Å². The molecule has 0 aliphatic heterocycles. The van der Waals surface area contributed by atoms with Crippen molar-refractivity contribution in [3.63, 3.8) is 0 Å². The quantitative estimate of drug-likeness (QED) is 0.285. The summed E-state index contributed by atoms with van der Waals surface area (Å²) in [5, 5.41) is 0. The van der Waals surface area contributed by atoms with Crippen molar-refractivity contribution in [2.24, 2.45) is 0 Å². The third-order valence-corrected chi connectivity index (χ3v) is 0.759. The average Bonchev–Trinajstić information content (AvgIpc) is 1.97. The molecule has 0 fully saturated rings. The molecule has 0 aromatic rings. The van der Waals surface area contributed by atoms with Gasteiger partial charge in [-0.25, -0.2) is 0 Å². The molecule has 4 nitrogen and oxygen atoms in total. The lowest BCUT2D eigenvalue weighted by Crippen LogP contribution is -2.07. The number of aldehydes is 1. The number of hydrogen-bond acceptors (Lipinski definition) is 4. The van der Waals surface area contributed by atoms with E-state index in [0.717, 1.165) is 0 Å². The van der Waals surface area contributed by atoms with Gasteiger partial charge >= 0.3 is 0 Å². The summed E-state index contributed by atoms with van der Waals surface area (Å²) in [6, 6.07) is 0. The molecule has 4 heteroatoms. The number of carbonyl (C=O) groups is 1. The van der Waals surface area contributed by atoms with Crippen LogP contribution in [-0.2, 0) is 19.0 Å². The Balaban J connectivity index is 2.70. The summed E-state index contributed by atoms with van der Waals surface area (Å²) in [5.41, 5.74) is 0. The number of hydrogen-bond donors (Lipinski definition) is 0. The molecular formula is C6H12O4. The Morgan fingerprint density at radius 3 is 2.60 bits per heavy atom. The molecule has 60 valence electrons. The van der Waals surface area contributed by atoms with Gasteiger partial charge in [0, 0.05) is 7.11 Å². The SMILES string of the molecule is COCOCCOCC=O. The fourth-order valence-electron chi connectivity index (χ4n) is 0.392. The predicted octanol–water partition coefficient (Wildman–Crippen LogP) is -0.178. The van der Waals surface area contributed by atoms with Crippen molar-refractivity contribution < 1.29 is 19.0 Å². The monoisotopic (exact) mass is 148 g/mol. The summed E-state index contributed by atoms with van der Waals surface area (Å²) in [7, 11) is 1.55. The second kappa shape index (κ2) is 8.55. The summed E-state index contributed by atoms with van der Waals surface area (Å²) < 4.78 is 14.2. The average molecular weight is 148 g/mol. The van der Waals surface area contributed by atoms with E-state index in [-0.39, 0.29) is 13.4 Å². The Labute approximate surface area is 60.1 Å². The lowest BCUT2D eigenvalue weighted by atomic mass is 10.7. The lowest BCUT2D eigenvalue weighted by Gasteiger charge is -2.00. The number of carbonyl (C=O) groups excluding carboxylic acids is 1. The first kappa shape index (κ1) is 9.55. The topological polar surface area (TPSA) is 44.8 Å². The van der Waals surface area contributed by atoms with Crippen molar-refractivity contribution in [3.8, 4) is 0 Å². The van der Waals surface area contributed by atoms with Gasteiger partial charge in [0.1, 0.15) is 19.7 Å². The van der Waals surface area contributed by atoms with Gasteiger partial charge in [-0.1, -0.05) is 0 Å². The van der Waals surface area contributed by atoms with E-state index in [1.165, 1.54) is 0 Å². The summed E-state index contributed by atoms with van der Waals surface area (Å²) in [4.78, 5) is 9.70. The van der Waals surface area contributed by atoms with Gasteiger partial charge in [0.2, 0.25) is 0 Å². The van der Waals surface area contributed by atoms with E-state index in [0.29, 0.717) is 19.5 Å². The third-order valence-electron chi connectivity index (χ3n) is 0.759. The summed E-state index contributed by atoms with van der Waals surface area (Å²) >= 11 is 0. The summed E-state index contributed by atoms with van der Waals surface area (Å²) in [5.74, 6) is 0. The molecule has 0 saturated heterocycles. The molecule has 0 rings (SSSR count). The predicted molar refractivity (Wildman–Crippen MR) is 34.7 cm³/mol. The van der Waals surface area contributed by atoms with Gasteiger partial charge in [-0.15, -0.1) is 0 Å². The van der Waals surface area contributed by atoms with Crippen LogP contribution in [0.1, 0.15) is 0 Å². The van der Waals surface area contributed by atoms with Crippen LogP contribution in [0.15, 0.2) is 0 Å². The molecule has 0 aliphatic carbocycles. The molecule has 10 heavy (non-hydrogen) atoms. The fraction of sp³-hybridized carbons (Fsp3) is 0.833. The standard InChI is InChI=1S/C6H12O4/c1-8-6-10-5-4-9-3-2-7/h2H,3-6H2,1H3. The highest BCUT2D eigenvalue weighted by Gasteiger charge is 1.85. The van der Waals surface area contributed by atoms with Gasteiger partial charge in [0.15, 0.2) is 0 Å². The Bertz CT molecular complexity index is 74.1. The minimum atomic E-state index is 0.135. The van der Waals surface area contributed by atoms with Crippen LogP contribution in [0.3, 0.4) is 0 Å². The van der Waals surface area contributed by atoms with E-state index in [4.69, 9.17) is 9.47 Å². The smallest absolute Gasteiger partial charge is 0.146 e. The zero-order valence-corrected chi connectivity index (χ0v) is 6.04. The largest absolute Gasteiger partial charge is 0.372 e. The van der Waals surface area contributed by atoms with E-state index in [1.807, 2.05) is 0 Å². The Morgan fingerprint density at radius 1 is 1.30 bits per heavy atom. The highest BCUT2D eigenvalue weighted by atomic mass is 16.7. The van der Waals surface area contributed by atoms with Crippen LogP contribution in [0, 0.1) is 0 Å². The van der Waals surface area contributed by atoms with Crippen molar-refractivity contribution in [2.45, 2.75) is 0 Å². The van der Waals surface area contributed by atoms with Gasteiger partial charge < -0.3 is 19.0 Å². The maximum absolute atomic E-state index is 9.70. The third kappa shape index (κ3) is 7.55. The second-order valence-electron chi connectivity index (χ2n) is 1.56. The van der Waals surface area contributed by atoms with E-state index >= 15 is 0 Å². The van der Waals surface area contributed by atoms with Gasteiger partial charge in [0.05, 0.1) is 13.2 Å². The fourth-order valence-corrected chi connectivity index (χ4v) is 0.392. The second-order valence-corrected chi connectivity index (χ2v) is 1.56. The Kier molecular flexibility index (Phi) is 8.17. The van der Waals surface area contributed by atoms with Crippen LogP contribution in [0.2, 0.25) is 0 Å². The summed E-state index contributed by atoms with van der Waals surface area (Å²) in [6.45, 7) is 1.30. The molecular weight excluding hydrogens is 136 g/mol. The first-order valence-electron chi connectivity index (χ1n) is 3.00. The molecule has 0 heterocycles. The molecule has 0 bridgehead atoms. The van der Waals surface area contributed by atoms with Crippen LogP contribution in [0.25, 0.3) is 0 Å². The van der Waals surface area contributed by atoms with Crippen molar-refractivity contribution in [1.29, 1.82) is 0 Å². The molecule has 0 aliphatic rings. The van der Waals surface area contributed by atoms with Crippen molar-refractivity contribution in [1.82, 2.24) is 0 Å². The zero-order valence-electron chi connectivity index (χ0n) is 6.04. The maximum atomic E-state index is 9.70. The van der Waals surface area contributed by atoms with Gasteiger partial charge in [-0.3, -0.25) is 0 Å². The van der Waals surface area contributed by atoms with Crippen LogP contribution in [0.5, 0.6) is 0 Å². The molecule has 0 amide bonds. The minimum absolute atomic E-state index is 0.135. The molecule has 0 aromatic heterocycles. The van der Waals surface area contributed by atoms with E-state index in [9.17, 15) is 4.79 Å². The van der Waals surface area contributed by atoms with E-state index in [1.54, 1.807) is 7.11 Å². The number of ether oxygens (including phenoxy) is 3. The van der Waals surface area contributed by atoms with Gasteiger partial charge in [-0.2, -0.15) is 0 Å². The molecule has 0 unspecified atom stereocenters. The highest BCUT2D eigenvalue weighted by Crippen LogP contribution is 1.76. The van der Waals surface area contributed by atoms with Crippen molar-refractivity contribution >= 4 is 6.29 Å². The number of rotatable bonds is 7.